The molecule has 7 heteroatoms. The van der Waals surface area contributed by atoms with Crippen LogP contribution in [0.25, 0.3) is 0 Å². The third-order valence-electron chi connectivity index (χ3n) is 2.73. The fourth-order valence-corrected chi connectivity index (χ4v) is 1.71. The number of hydrogen-bond acceptors (Lipinski definition) is 3. The van der Waals surface area contributed by atoms with Gasteiger partial charge in [-0.15, -0.1) is 0 Å². The molecule has 0 atom stereocenters. The van der Waals surface area contributed by atoms with Crippen LogP contribution < -0.4 is 5.06 Å². The monoisotopic (exact) mass is 246 g/mol. The Bertz CT molecular complexity index is 497. The third kappa shape index (κ3) is 1.57. The molecule has 92 valence electrons. The average molecular weight is 246 g/mol. The Morgan fingerprint density at radius 2 is 1.94 bits per heavy atom. The van der Waals surface area contributed by atoms with E-state index in [1.807, 2.05) is 0 Å². The zero-order valence-electron chi connectivity index (χ0n) is 9.08. The van der Waals surface area contributed by atoms with Gasteiger partial charge in [0.1, 0.15) is 5.69 Å². The minimum atomic E-state index is -4.53. The molecule has 0 radical (unpaired) electrons. The summed E-state index contributed by atoms with van der Waals surface area (Å²) in [6.45, 7) is 2.69. The fraction of sp³-hybridized carbons (Fsp3) is 0.400. The van der Waals surface area contributed by atoms with Gasteiger partial charge in [-0.25, -0.2) is 0 Å². The second kappa shape index (κ2) is 3.19. The molecule has 0 bridgehead atoms. The van der Waals surface area contributed by atoms with Crippen LogP contribution in [-0.2, 0) is 6.18 Å². The van der Waals surface area contributed by atoms with Crippen molar-refractivity contribution in [1.29, 1.82) is 0 Å². The van der Waals surface area contributed by atoms with Gasteiger partial charge in [0.15, 0.2) is 0 Å². The summed E-state index contributed by atoms with van der Waals surface area (Å²) in [6.07, 6.45) is -4.53. The first kappa shape index (κ1) is 11.8. The fourth-order valence-electron chi connectivity index (χ4n) is 1.71. The van der Waals surface area contributed by atoms with Crippen LogP contribution in [0.4, 0.5) is 24.5 Å². The number of rotatable bonds is 0. The molecule has 0 aromatic heterocycles. The highest BCUT2D eigenvalue weighted by Crippen LogP contribution is 2.45. The standard InChI is InChI=1S/C10H9F3N2O2/c1-9(2)14(16)7-4-3-6(10(11,12)13)5-8(7)15(9)17/h3-5H,1-2H3. The minimum Gasteiger partial charge on any atom is -0.753 e. The summed E-state index contributed by atoms with van der Waals surface area (Å²) in [4.78, 5) is 11.7. The highest BCUT2D eigenvalue weighted by Gasteiger charge is 2.49. The summed E-state index contributed by atoms with van der Waals surface area (Å²) in [5, 5.41) is 12.0. The Labute approximate surface area is 94.8 Å². The summed E-state index contributed by atoms with van der Waals surface area (Å²) in [5.41, 5.74) is -2.66. The van der Waals surface area contributed by atoms with Crippen LogP contribution in [0.1, 0.15) is 19.4 Å². The first-order chi connectivity index (χ1) is 7.65. The summed E-state index contributed by atoms with van der Waals surface area (Å²) in [6, 6.07) is 2.51. The number of halogens is 3. The van der Waals surface area contributed by atoms with E-state index in [0.29, 0.717) is 15.9 Å². The molecule has 1 aromatic rings. The molecule has 1 aromatic carbocycles. The molecule has 17 heavy (non-hydrogen) atoms. The van der Waals surface area contributed by atoms with E-state index in [-0.39, 0.29) is 11.4 Å². The van der Waals surface area contributed by atoms with E-state index in [0.717, 1.165) is 12.1 Å². The van der Waals surface area contributed by atoms with Crippen molar-refractivity contribution in [3.8, 4) is 0 Å². The number of nitroso groups, excluding NO2 is 1. The van der Waals surface area contributed by atoms with Crippen LogP contribution >= 0.6 is 0 Å². The molecule has 4 nitrogen and oxygen atoms in total. The first-order valence-electron chi connectivity index (χ1n) is 4.81. The van der Waals surface area contributed by atoms with Crippen molar-refractivity contribution in [2.45, 2.75) is 25.7 Å². The van der Waals surface area contributed by atoms with E-state index in [1.165, 1.54) is 13.8 Å². The van der Waals surface area contributed by atoms with Crippen LogP contribution in [0.2, 0.25) is 0 Å². The molecule has 0 unspecified atom stereocenters. The lowest BCUT2D eigenvalue weighted by atomic mass is 10.1. The summed E-state index contributed by atoms with van der Waals surface area (Å²) >= 11 is 0. The van der Waals surface area contributed by atoms with Gasteiger partial charge in [-0.3, -0.25) is 0 Å². The number of nitrogens with zero attached hydrogens (tertiary/aromatic N) is 2. The highest BCUT2D eigenvalue weighted by atomic mass is 19.4. The zero-order chi connectivity index (χ0) is 13.0. The van der Waals surface area contributed by atoms with Crippen LogP contribution in [-0.4, -0.2) is 10.4 Å². The van der Waals surface area contributed by atoms with Crippen LogP contribution in [0.5, 0.6) is 0 Å². The van der Waals surface area contributed by atoms with Crippen molar-refractivity contribution in [3.63, 3.8) is 0 Å². The molecule has 1 heterocycles. The Morgan fingerprint density at radius 1 is 1.35 bits per heavy atom. The average Bonchev–Trinajstić information content (AvgIpc) is 2.39. The molecule has 0 spiro atoms. The number of benzene rings is 1. The molecule has 0 aliphatic carbocycles. The highest BCUT2D eigenvalue weighted by molar-refractivity contribution is 5.69. The van der Waals surface area contributed by atoms with E-state index >= 15 is 0 Å². The maximum Gasteiger partial charge on any atom is 0.416 e. The Kier molecular flexibility index (Phi) is 2.22. The lowest BCUT2D eigenvalue weighted by molar-refractivity contribution is -0.532. The van der Waals surface area contributed by atoms with Crippen molar-refractivity contribution < 1.29 is 17.9 Å². The third-order valence-corrected chi connectivity index (χ3v) is 2.73. The van der Waals surface area contributed by atoms with Crippen LogP contribution in [0, 0.1) is 10.1 Å². The van der Waals surface area contributed by atoms with Gasteiger partial charge < -0.3 is 10.3 Å². The maximum atomic E-state index is 12.5. The Hall–Kier alpha value is -1.63. The largest absolute Gasteiger partial charge is 0.753 e. The lowest BCUT2D eigenvalue weighted by Crippen LogP contribution is -2.41. The normalized spacial score (nSPS) is 18.5. The molecule has 1 aliphatic heterocycles. The van der Waals surface area contributed by atoms with Crippen molar-refractivity contribution in [2.75, 3.05) is 5.06 Å². The topological polar surface area (TPSA) is 46.4 Å². The second-order valence-electron chi connectivity index (χ2n) is 4.28. The predicted molar refractivity (Wildman–Crippen MR) is 54.7 cm³/mol. The predicted octanol–water partition coefficient (Wildman–Crippen LogP) is 3.17. The quantitative estimate of drug-likeness (QED) is 0.660. The molecule has 0 saturated heterocycles. The molecule has 0 saturated carbocycles. The summed E-state index contributed by atoms with van der Waals surface area (Å²) in [5.74, 6) is 0. The smallest absolute Gasteiger partial charge is 0.416 e. The lowest BCUT2D eigenvalue weighted by Gasteiger charge is -2.31. The molecule has 1 aliphatic rings. The molecule has 0 N–H and O–H groups in total. The number of alkyl halides is 3. The van der Waals surface area contributed by atoms with E-state index in [1.54, 1.807) is 0 Å². The maximum absolute atomic E-state index is 12.5. The summed E-state index contributed by atoms with van der Waals surface area (Å²) < 4.78 is 37.8. The van der Waals surface area contributed by atoms with Gasteiger partial charge in [-0.1, -0.05) is 0 Å². The number of hydroxylamine groups is 1. The van der Waals surface area contributed by atoms with Crippen molar-refractivity contribution in [1.82, 2.24) is 0 Å². The first-order valence-corrected chi connectivity index (χ1v) is 4.81. The Morgan fingerprint density at radius 3 is 2.47 bits per heavy atom. The van der Waals surface area contributed by atoms with Gasteiger partial charge in [0, 0.05) is 24.8 Å². The molecular formula is C10H9F3N2O2. The molecular weight excluding hydrogens is 237 g/mol. The van der Waals surface area contributed by atoms with Crippen molar-refractivity contribution >= 4 is 11.4 Å². The second-order valence-corrected chi connectivity index (χ2v) is 4.28. The van der Waals surface area contributed by atoms with Crippen LogP contribution in [0.3, 0.4) is 0 Å². The van der Waals surface area contributed by atoms with E-state index < -0.39 is 17.4 Å². The van der Waals surface area contributed by atoms with Crippen molar-refractivity contribution in [3.05, 3.63) is 33.9 Å². The van der Waals surface area contributed by atoms with Crippen molar-refractivity contribution in [2.24, 2.45) is 0 Å². The number of anilines is 1. The molecule has 0 fully saturated rings. The molecule has 0 amide bonds. The number of fused-ring (bicyclic) bond motifs is 1. The van der Waals surface area contributed by atoms with Crippen LogP contribution in [0.15, 0.2) is 18.2 Å². The minimum absolute atomic E-state index is 0.0435. The SMILES string of the molecule is CC1(C)N([O-])c2cc(C(F)(F)F)ccc2[N+]1=O. The van der Waals surface area contributed by atoms with E-state index in [4.69, 9.17) is 0 Å². The van der Waals surface area contributed by atoms with Gasteiger partial charge in [-0.05, 0) is 12.1 Å². The summed E-state index contributed by atoms with van der Waals surface area (Å²) in [7, 11) is 0. The van der Waals surface area contributed by atoms with E-state index in [9.17, 15) is 23.3 Å². The zero-order valence-corrected chi connectivity index (χ0v) is 9.08. The molecule has 2 rings (SSSR count). The van der Waals surface area contributed by atoms with Gasteiger partial charge in [0.25, 0.3) is 11.4 Å². The van der Waals surface area contributed by atoms with E-state index in [2.05, 4.69) is 0 Å². The van der Waals surface area contributed by atoms with Gasteiger partial charge >= 0.3 is 6.18 Å². The number of hydrogen-bond donors (Lipinski definition) is 0. The van der Waals surface area contributed by atoms with Gasteiger partial charge in [-0.2, -0.15) is 13.2 Å². The van der Waals surface area contributed by atoms with Gasteiger partial charge in [0.05, 0.1) is 10.3 Å². The Balaban J connectivity index is 2.58. The van der Waals surface area contributed by atoms with Gasteiger partial charge in [0.2, 0.25) is 0 Å².